The Labute approximate surface area is 168 Å². The van der Waals surface area contributed by atoms with Gasteiger partial charge in [0.2, 0.25) is 0 Å². The number of nitrogens with zero attached hydrogens (tertiary/aromatic N) is 2. The average molecular weight is 406 g/mol. The molecule has 0 amide bonds. The van der Waals surface area contributed by atoms with E-state index < -0.39 is 9.55 Å². The van der Waals surface area contributed by atoms with E-state index in [0.29, 0.717) is 38.4 Å². The number of fused-ring (bicyclic) bond motifs is 1. The van der Waals surface area contributed by atoms with Crippen molar-refractivity contribution in [3.05, 3.63) is 78.4 Å². The first-order valence-corrected chi connectivity index (χ1v) is 10.3. The fraction of sp³-hybridized carbons (Fsp3) is 0.0476. The van der Waals surface area contributed by atoms with Gasteiger partial charge in [-0.2, -0.15) is 0 Å². The van der Waals surface area contributed by atoms with Gasteiger partial charge in [-0.25, -0.2) is 0 Å². The Morgan fingerprint density at radius 1 is 0.793 bits per heavy atom. The van der Waals surface area contributed by atoms with Gasteiger partial charge in [0.25, 0.3) is 0 Å². The number of hydrogen-bond acceptors (Lipinski definition) is 3. The summed E-state index contributed by atoms with van der Waals surface area (Å²) in [6, 6.07) is 16.7. The fourth-order valence-electron chi connectivity index (χ4n) is 2.96. The van der Waals surface area contributed by atoms with Gasteiger partial charge in [0, 0.05) is 0 Å². The van der Waals surface area contributed by atoms with Crippen LogP contribution >= 0.6 is 0 Å². The molecule has 143 valence electrons. The molecule has 1 N–H and O–H groups in total. The van der Waals surface area contributed by atoms with Crippen LogP contribution in [-0.4, -0.2) is 27.9 Å². The summed E-state index contributed by atoms with van der Waals surface area (Å²) in [4.78, 5) is 9.78. The van der Waals surface area contributed by atoms with Crippen LogP contribution in [0.1, 0.15) is 0 Å². The van der Waals surface area contributed by atoms with E-state index in [4.69, 9.17) is 16.7 Å². The van der Waals surface area contributed by atoms with Gasteiger partial charge in [0.05, 0.1) is 0 Å². The maximum absolute atomic E-state index is 13.4. The quantitative estimate of drug-likeness (QED) is 0.520. The molecule has 4 nitrogen and oxygen atoms in total. The zero-order valence-electron chi connectivity index (χ0n) is 15.4. The molecule has 0 bridgehead atoms. The third kappa shape index (κ3) is 3.81. The van der Waals surface area contributed by atoms with Crippen LogP contribution in [0.3, 0.4) is 0 Å². The van der Waals surface area contributed by atoms with E-state index in [1.807, 2.05) is 0 Å². The summed E-state index contributed by atoms with van der Waals surface area (Å²) in [5.41, 5.74) is 3.38. The zero-order valence-corrected chi connectivity index (χ0v) is 16.2. The minimum absolute atomic E-state index is 0.361. The van der Waals surface area contributed by atoms with Gasteiger partial charge in [0.15, 0.2) is 0 Å². The molecule has 8 heteroatoms. The number of aromatic nitrogens is 2. The summed E-state index contributed by atoms with van der Waals surface area (Å²) in [6.45, 7) is 5.82. The molecule has 0 aliphatic carbocycles. The predicted octanol–water partition coefficient (Wildman–Crippen LogP) is 4.10. The average Bonchev–Trinajstić information content (AvgIpc) is 2.73. The molecule has 0 saturated heterocycles. The van der Waals surface area contributed by atoms with Crippen molar-refractivity contribution in [1.82, 2.24) is 14.7 Å². The Hall–Kier alpha value is -2.97. The van der Waals surface area contributed by atoms with E-state index in [-0.39, 0.29) is 11.6 Å². The standard InChI is InChI=1S/C21H15BF2N3OS/c1-25-29(22,28)17-10-11-18-19(12-17)27-21(14-4-8-16(24)9-5-14)20(26-18)13-2-6-15(23)7-3-13/h2-12H,1H3,(H,25,28). The molecule has 1 heterocycles. The van der Waals surface area contributed by atoms with Crippen molar-refractivity contribution in [2.45, 2.75) is 4.90 Å². The van der Waals surface area contributed by atoms with Crippen molar-refractivity contribution in [3.63, 3.8) is 0 Å². The van der Waals surface area contributed by atoms with Crippen molar-refractivity contribution in [1.29, 1.82) is 0 Å². The van der Waals surface area contributed by atoms with Gasteiger partial charge >= 0.3 is 168 Å². The van der Waals surface area contributed by atoms with E-state index >= 15 is 0 Å². The number of halogens is 2. The van der Waals surface area contributed by atoms with Crippen LogP contribution in [0.5, 0.6) is 0 Å². The molecule has 4 rings (SSSR count). The summed E-state index contributed by atoms with van der Waals surface area (Å²) < 4.78 is 41.9. The van der Waals surface area contributed by atoms with Gasteiger partial charge in [-0.05, 0) is 0 Å². The van der Waals surface area contributed by atoms with Gasteiger partial charge in [-0.15, -0.1) is 0 Å². The van der Waals surface area contributed by atoms with Gasteiger partial charge in [-0.3, -0.25) is 0 Å². The molecule has 4 aromatic rings. The molecule has 0 aliphatic rings. The van der Waals surface area contributed by atoms with Crippen LogP contribution in [0.4, 0.5) is 8.78 Å². The number of hydrogen-bond donors (Lipinski definition) is 1. The molecule has 3 aromatic carbocycles. The summed E-state index contributed by atoms with van der Waals surface area (Å²) >= 11 is 0. The Morgan fingerprint density at radius 2 is 1.28 bits per heavy atom. The van der Waals surface area contributed by atoms with Gasteiger partial charge in [0.1, 0.15) is 0 Å². The molecular weight excluding hydrogens is 391 g/mol. The molecule has 1 atom stereocenters. The van der Waals surface area contributed by atoms with Crippen molar-refractivity contribution < 1.29 is 13.0 Å². The second-order valence-electron chi connectivity index (χ2n) is 6.39. The maximum atomic E-state index is 13.4. The summed E-state index contributed by atoms with van der Waals surface area (Å²) in [6.07, 6.45) is 0. The van der Waals surface area contributed by atoms with E-state index in [1.165, 1.54) is 31.3 Å². The topological polar surface area (TPSA) is 54.9 Å². The first-order chi connectivity index (χ1) is 13.9. The molecular formula is C21H15BF2N3OS. The molecule has 0 fully saturated rings. The molecule has 0 saturated carbocycles. The van der Waals surface area contributed by atoms with Crippen LogP contribution < -0.4 is 4.72 Å². The van der Waals surface area contributed by atoms with Crippen molar-refractivity contribution in [2.75, 3.05) is 7.05 Å². The van der Waals surface area contributed by atoms with Crippen LogP contribution in [0.2, 0.25) is 0 Å². The normalized spacial score (nSPS) is 13.3. The van der Waals surface area contributed by atoms with E-state index in [1.54, 1.807) is 42.5 Å². The molecule has 0 aliphatic heterocycles. The zero-order chi connectivity index (χ0) is 20.6. The van der Waals surface area contributed by atoms with Crippen molar-refractivity contribution in [3.8, 4) is 22.5 Å². The summed E-state index contributed by atoms with van der Waals surface area (Å²) in [5, 5.41) is 0. The molecule has 29 heavy (non-hydrogen) atoms. The molecule has 1 radical (unpaired) electrons. The second-order valence-corrected chi connectivity index (χ2v) is 8.47. The minimum atomic E-state index is -2.90. The van der Waals surface area contributed by atoms with E-state index in [0.717, 1.165) is 0 Å². The molecule has 1 unspecified atom stereocenters. The Kier molecular flexibility index (Phi) is 4.98. The SMILES string of the molecule is [B]=S(=O)(NC)c1ccc2nc(-c3ccc(F)cc3)c(-c3ccc(F)cc3)nc2c1. The Morgan fingerprint density at radius 3 is 1.76 bits per heavy atom. The van der Waals surface area contributed by atoms with Crippen molar-refractivity contribution in [2.24, 2.45) is 0 Å². The number of rotatable bonds is 4. The van der Waals surface area contributed by atoms with Crippen LogP contribution in [0.15, 0.2) is 71.6 Å². The Bertz CT molecular complexity index is 1310. The monoisotopic (exact) mass is 406 g/mol. The van der Waals surface area contributed by atoms with Crippen molar-refractivity contribution >= 4 is 27.3 Å². The van der Waals surface area contributed by atoms with Crippen LogP contribution in [0, 0.1) is 11.6 Å². The van der Waals surface area contributed by atoms with Gasteiger partial charge in [-0.1, -0.05) is 0 Å². The summed E-state index contributed by atoms with van der Waals surface area (Å²) in [7, 11) is -1.39. The van der Waals surface area contributed by atoms with Crippen LogP contribution in [0.25, 0.3) is 33.5 Å². The fourth-order valence-corrected chi connectivity index (χ4v) is 3.75. The van der Waals surface area contributed by atoms with Gasteiger partial charge < -0.3 is 0 Å². The third-order valence-electron chi connectivity index (χ3n) is 4.52. The molecule has 1 aromatic heterocycles. The number of benzene rings is 3. The van der Waals surface area contributed by atoms with E-state index in [9.17, 15) is 13.0 Å². The first-order valence-electron chi connectivity index (χ1n) is 8.71. The molecule has 0 spiro atoms. The second kappa shape index (κ2) is 7.46. The summed E-state index contributed by atoms with van der Waals surface area (Å²) in [5.74, 6) is -0.731. The van der Waals surface area contributed by atoms with Crippen LogP contribution in [-0.2, 0) is 9.55 Å². The predicted molar refractivity (Wildman–Crippen MR) is 112 cm³/mol. The number of nitrogens with one attached hydrogen (secondary N) is 1. The third-order valence-corrected chi connectivity index (χ3v) is 6.09. The first kappa shape index (κ1) is 19.4. The Balaban J connectivity index is 1.99. The van der Waals surface area contributed by atoms with E-state index in [2.05, 4.69) is 4.72 Å².